The van der Waals surface area contributed by atoms with Crippen molar-refractivity contribution in [3.8, 4) is 11.8 Å². The summed E-state index contributed by atoms with van der Waals surface area (Å²) in [7, 11) is 3.15. The average molecular weight is 391 g/mol. The van der Waals surface area contributed by atoms with Crippen LogP contribution in [0, 0.1) is 11.3 Å². The molecule has 0 fully saturated rings. The molecule has 28 heavy (non-hydrogen) atoms. The van der Waals surface area contributed by atoms with E-state index in [1.54, 1.807) is 55.6 Å². The Hall–Kier alpha value is -3.63. The highest BCUT2D eigenvalue weighted by Gasteiger charge is 2.06. The van der Waals surface area contributed by atoms with Gasteiger partial charge in [-0.05, 0) is 35.9 Å². The molecule has 0 saturated heterocycles. The van der Waals surface area contributed by atoms with Crippen LogP contribution in [-0.2, 0) is 11.8 Å². The fourth-order valence-electron chi connectivity index (χ4n) is 2.54. The molecule has 1 amide bonds. The van der Waals surface area contributed by atoms with Crippen molar-refractivity contribution in [3.05, 3.63) is 79.2 Å². The largest absolute Gasteiger partial charge is 0.495 e. The zero-order chi connectivity index (χ0) is 20.1. The van der Waals surface area contributed by atoms with Crippen molar-refractivity contribution in [2.24, 2.45) is 7.05 Å². The number of nitrogens with zero attached hydrogens (tertiary/aromatic N) is 2. The van der Waals surface area contributed by atoms with Gasteiger partial charge in [0, 0.05) is 13.1 Å². The van der Waals surface area contributed by atoms with Gasteiger partial charge in [0.1, 0.15) is 10.4 Å². The normalized spacial score (nSPS) is 11.9. The Morgan fingerprint density at radius 2 is 1.93 bits per heavy atom. The third-order valence-electron chi connectivity index (χ3n) is 4.02. The molecule has 6 nitrogen and oxygen atoms in total. The van der Waals surface area contributed by atoms with Gasteiger partial charge in [-0.2, -0.15) is 5.26 Å². The van der Waals surface area contributed by atoms with Gasteiger partial charge >= 0.3 is 0 Å². The van der Waals surface area contributed by atoms with Crippen molar-refractivity contribution in [2.45, 2.75) is 0 Å². The number of ether oxygens (including phenoxy) is 1. The lowest BCUT2D eigenvalue weighted by Gasteiger charge is -2.07. The number of amides is 1. The lowest BCUT2D eigenvalue weighted by Crippen LogP contribution is -2.29. The van der Waals surface area contributed by atoms with Crippen LogP contribution in [0.15, 0.2) is 53.3 Å². The Balaban J connectivity index is 1.93. The van der Waals surface area contributed by atoms with E-state index in [0.717, 1.165) is 5.56 Å². The Morgan fingerprint density at radius 1 is 1.21 bits per heavy atom. The summed E-state index contributed by atoms with van der Waals surface area (Å²) in [4.78, 5) is 24.9. The second kappa shape index (κ2) is 8.37. The van der Waals surface area contributed by atoms with Gasteiger partial charge in [0.2, 0.25) is 0 Å². The Labute approximate surface area is 165 Å². The van der Waals surface area contributed by atoms with E-state index in [4.69, 9.17) is 10.00 Å². The molecule has 0 bridgehead atoms. The minimum atomic E-state index is -0.355. The fourth-order valence-corrected chi connectivity index (χ4v) is 3.57. The first-order valence-electron chi connectivity index (χ1n) is 8.35. The molecule has 0 unspecified atom stereocenters. The van der Waals surface area contributed by atoms with E-state index in [1.807, 2.05) is 6.07 Å². The summed E-state index contributed by atoms with van der Waals surface area (Å²) in [5.74, 6) is 0.199. The number of hydrogen-bond acceptors (Lipinski definition) is 5. The molecule has 3 rings (SSSR count). The van der Waals surface area contributed by atoms with E-state index in [9.17, 15) is 9.59 Å². The molecule has 140 valence electrons. The predicted octanol–water partition coefficient (Wildman–Crippen LogP) is 1.58. The topological polar surface area (TPSA) is 84.1 Å². The van der Waals surface area contributed by atoms with Gasteiger partial charge in [0.05, 0.1) is 29.0 Å². The van der Waals surface area contributed by atoms with Crippen LogP contribution in [0.3, 0.4) is 0 Å². The van der Waals surface area contributed by atoms with Crippen molar-refractivity contribution in [1.82, 2.24) is 4.57 Å². The summed E-state index contributed by atoms with van der Waals surface area (Å²) >= 11 is 1.22. The van der Waals surface area contributed by atoms with Crippen LogP contribution in [-0.4, -0.2) is 17.6 Å². The molecule has 1 N–H and O–H groups in total. The maximum Gasteiger partial charge on any atom is 0.268 e. The number of carbonyl (C=O) groups excluding carboxylic acids is 1. The van der Waals surface area contributed by atoms with Crippen molar-refractivity contribution in [3.63, 3.8) is 0 Å². The van der Waals surface area contributed by atoms with Crippen LogP contribution in [0.5, 0.6) is 5.75 Å². The maximum atomic E-state index is 12.5. The number of rotatable bonds is 4. The van der Waals surface area contributed by atoms with Gasteiger partial charge in [0.15, 0.2) is 0 Å². The van der Waals surface area contributed by atoms with Crippen LogP contribution < -0.4 is 24.8 Å². The Kier molecular flexibility index (Phi) is 5.72. The molecule has 0 saturated carbocycles. The molecule has 1 heterocycles. The van der Waals surface area contributed by atoms with Crippen molar-refractivity contribution in [1.29, 1.82) is 5.26 Å². The van der Waals surface area contributed by atoms with Crippen LogP contribution in [0.4, 0.5) is 5.69 Å². The first kappa shape index (κ1) is 19.1. The molecule has 2 aromatic carbocycles. The third-order valence-corrected chi connectivity index (χ3v) is 5.13. The molecule has 0 aliphatic carbocycles. The average Bonchev–Trinajstić information content (AvgIpc) is 2.96. The van der Waals surface area contributed by atoms with Crippen molar-refractivity contribution < 1.29 is 9.53 Å². The monoisotopic (exact) mass is 391 g/mol. The SMILES string of the molecule is COc1ccccc1NC(=O)/C=c1\s/c(=C\c2ccc(C#N)cc2)c(=O)n1C. The number of thiazole rings is 1. The summed E-state index contributed by atoms with van der Waals surface area (Å²) in [5.41, 5.74) is 1.73. The summed E-state index contributed by atoms with van der Waals surface area (Å²) in [6, 6.07) is 16.1. The molecule has 7 heteroatoms. The van der Waals surface area contributed by atoms with E-state index in [0.29, 0.717) is 26.2 Å². The summed E-state index contributed by atoms with van der Waals surface area (Å²) in [6.45, 7) is 0. The Bertz CT molecular complexity index is 1230. The van der Waals surface area contributed by atoms with Crippen LogP contribution >= 0.6 is 11.3 Å². The fraction of sp³-hybridized carbons (Fsp3) is 0.0952. The van der Waals surface area contributed by atoms with Crippen LogP contribution in [0.25, 0.3) is 12.2 Å². The van der Waals surface area contributed by atoms with Gasteiger partial charge in [-0.15, -0.1) is 11.3 Å². The number of nitrogens with one attached hydrogen (secondary N) is 1. The number of nitriles is 1. The van der Waals surface area contributed by atoms with E-state index in [-0.39, 0.29) is 11.5 Å². The molecule has 0 atom stereocenters. The second-order valence-electron chi connectivity index (χ2n) is 5.88. The molecule has 0 aliphatic heterocycles. The number of carbonyl (C=O) groups is 1. The first-order valence-corrected chi connectivity index (χ1v) is 9.17. The number of hydrogen-bond donors (Lipinski definition) is 1. The molecule has 3 aromatic rings. The minimum absolute atomic E-state index is 0.189. The number of benzene rings is 2. The molecule has 0 spiro atoms. The van der Waals surface area contributed by atoms with Crippen LogP contribution in [0.1, 0.15) is 11.1 Å². The molecule has 0 aliphatic rings. The number of anilines is 1. The van der Waals surface area contributed by atoms with E-state index >= 15 is 0 Å². The predicted molar refractivity (Wildman–Crippen MR) is 110 cm³/mol. The van der Waals surface area contributed by atoms with E-state index in [1.165, 1.54) is 29.1 Å². The minimum Gasteiger partial charge on any atom is -0.495 e. The summed E-state index contributed by atoms with van der Waals surface area (Å²) in [5, 5.41) is 11.6. The quantitative estimate of drug-likeness (QED) is 0.732. The smallest absolute Gasteiger partial charge is 0.268 e. The highest BCUT2D eigenvalue weighted by atomic mass is 32.1. The number of para-hydroxylation sites is 2. The number of methoxy groups -OCH3 is 1. The second-order valence-corrected chi connectivity index (χ2v) is 6.94. The van der Waals surface area contributed by atoms with Gasteiger partial charge in [-0.3, -0.25) is 9.59 Å². The highest BCUT2D eigenvalue weighted by molar-refractivity contribution is 7.07. The van der Waals surface area contributed by atoms with Crippen molar-refractivity contribution >= 4 is 35.1 Å². The molecule has 0 radical (unpaired) electrons. The zero-order valence-corrected chi connectivity index (χ0v) is 16.1. The van der Waals surface area contributed by atoms with Crippen molar-refractivity contribution in [2.75, 3.05) is 12.4 Å². The van der Waals surface area contributed by atoms with Crippen LogP contribution in [0.2, 0.25) is 0 Å². The molecular weight excluding hydrogens is 374 g/mol. The zero-order valence-electron chi connectivity index (χ0n) is 15.3. The molecular formula is C21H17N3O3S. The van der Waals surface area contributed by atoms with Gasteiger partial charge in [-0.25, -0.2) is 0 Å². The Morgan fingerprint density at radius 3 is 2.61 bits per heavy atom. The summed E-state index contributed by atoms with van der Waals surface area (Å²) < 4.78 is 7.68. The van der Waals surface area contributed by atoms with Gasteiger partial charge < -0.3 is 14.6 Å². The van der Waals surface area contributed by atoms with E-state index < -0.39 is 0 Å². The highest BCUT2D eigenvalue weighted by Crippen LogP contribution is 2.22. The molecule has 1 aromatic heterocycles. The number of aromatic nitrogens is 1. The summed E-state index contributed by atoms with van der Waals surface area (Å²) in [6.07, 6.45) is 3.12. The van der Waals surface area contributed by atoms with E-state index in [2.05, 4.69) is 11.4 Å². The van der Waals surface area contributed by atoms with Gasteiger partial charge in [-0.1, -0.05) is 24.3 Å². The first-order chi connectivity index (χ1) is 13.5. The van der Waals surface area contributed by atoms with Gasteiger partial charge in [0.25, 0.3) is 11.5 Å². The third kappa shape index (κ3) is 4.19. The maximum absolute atomic E-state index is 12.5. The lowest BCUT2D eigenvalue weighted by molar-refractivity contribution is -0.110. The lowest BCUT2D eigenvalue weighted by atomic mass is 10.1. The standard InChI is InChI=1S/C21H17N3O3S/c1-24-20(12-19(25)23-16-5-3-4-6-17(16)27-2)28-18(21(24)26)11-14-7-9-15(13-22)10-8-14/h3-12H,1-2H3,(H,23,25)/b18-11-,20-12-.